The molecule has 0 rings (SSSR count). The molecule has 0 fully saturated rings. The molecule has 0 bridgehead atoms. The molecule has 0 saturated carbocycles. The lowest BCUT2D eigenvalue weighted by molar-refractivity contribution is -0.125. The predicted octanol–water partition coefficient (Wildman–Crippen LogP) is -1.29. The third-order valence-corrected chi connectivity index (χ3v) is 1.28. The van der Waals surface area contributed by atoms with E-state index in [1.54, 1.807) is 0 Å². The summed E-state index contributed by atoms with van der Waals surface area (Å²) in [5, 5.41) is 2.84. The fraction of sp³-hybridized carbons (Fsp3) is 0.714. The minimum atomic E-state index is -0.650. The van der Waals surface area contributed by atoms with Crippen LogP contribution in [0, 0.1) is 0 Å². The van der Waals surface area contributed by atoms with Crippen LogP contribution in [0.3, 0.4) is 0 Å². The Morgan fingerprint density at radius 1 is 1.33 bits per heavy atom. The standard InChI is InChI=1S/C7H15N3O2/c1-4(2)10-5(7(9)12)3-6(8)11/h4-5,10H,3H2,1-2H3,(H2,8,11)(H2,9,12). The van der Waals surface area contributed by atoms with Crippen molar-refractivity contribution in [3.05, 3.63) is 0 Å². The number of nitrogens with one attached hydrogen (secondary N) is 1. The molecule has 2 amide bonds. The van der Waals surface area contributed by atoms with Crippen LogP contribution in [-0.2, 0) is 9.59 Å². The van der Waals surface area contributed by atoms with Gasteiger partial charge in [0.15, 0.2) is 0 Å². The second-order valence-corrected chi connectivity index (χ2v) is 2.95. The molecule has 1 atom stereocenters. The van der Waals surface area contributed by atoms with Crippen LogP contribution < -0.4 is 16.8 Å². The number of amides is 2. The van der Waals surface area contributed by atoms with Crippen molar-refractivity contribution in [2.24, 2.45) is 11.5 Å². The second kappa shape index (κ2) is 4.71. The van der Waals surface area contributed by atoms with Crippen LogP contribution in [0.4, 0.5) is 0 Å². The zero-order valence-corrected chi connectivity index (χ0v) is 7.33. The second-order valence-electron chi connectivity index (χ2n) is 2.95. The molecule has 0 saturated heterocycles. The van der Waals surface area contributed by atoms with Gasteiger partial charge >= 0.3 is 0 Å². The normalized spacial score (nSPS) is 12.9. The lowest BCUT2D eigenvalue weighted by atomic mass is 10.1. The van der Waals surface area contributed by atoms with Crippen molar-refractivity contribution in [3.8, 4) is 0 Å². The maximum Gasteiger partial charge on any atom is 0.235 e. The van der Waals surface area contributed by atoms with E-state index >= 15 is 0 Å². The lowest BCUT2D eigenvalue weighted by Crippen LogP contribution is -2.46. The topological polar surface area (TPSA) is 98.2 Å². The van der Waals surface area contributed by atoms with E-state index in [9.17, 15) is 9.59 Å². The minimum Gasteiger partial charge on any atom is -0.370 e. The zero-order valence-electron chi connectivity index (χ0n) is 7.33. The van der Waals surface area contributed by atoms with E-state index in [1.165, 1.54) is 0 Å². The molecule has 0 radical (unpaired) electrons. The molecule has 5 N–H and O–H groups in total. The molecule has 12 heavy (non-hydrogen) atoms. The Hall–Kier alpha value is -1.10. The summed E-state index contributed by atoms with van der Waals surface area (Å²) in [4.78, 5) is 21.2. The van der Waals surface area contributed by atoms with Gasteiger partial charge in [0.05, 0.1) is 12.5 Å². The maximum atomic E-state index is 10.7. The van der Waals surface area contributed by atoms with E-state index < -0.39 is 17.9 Å². The van der Waals surface area contributed by atoms with Crippen LogP contribution in [0.2, 0.25) is 0 Å². The molecule has 0 aliphatic carbocycles. The van der Waals surface area contributed by atoms with Crippen LogP contribution in [0.15, 0.2) is 0 Å². The number of rotatable bonds is 5. The van der Waals surface area contributed by atoms with E-state index in [-0.39, 0.29) is 12.5 Å². The minimum absolute atomic E-state index is 0.0481. The molecule has 5 nitrogen and oxygen atoms in total. The third-order valence-electron chi connectivity index (χ3n) is 1.28. The van der Waals surface area contributed by atoms with E-state index in [0.29, 0.717) is 0 Å². The number of nitrogens with two attached hydrogens (primary N) is 2. The van der Waals surface area contributed by atoms with Gasteiger partial charge in [-0.05, 0) is 0 Å². The zero-order chi connectivity index (χ0) is 9.72. The van der Waals surface area contributed by atoms with Crippen LogP contribution in [0.5, 0.6) is 0 Å². The Labute approximate surface area is 71.5 Å². The first-order valence-electron chi connectivity index (χ1n) is 3.77. The number of carbonyl (C=O) groups is 2. The first kappa shape index (κ1) is 10.9. The molecular weight excluding hydrogens is 158 g/mol. The summed E-state index contributed by atoms with van der Waals surface area (Å²) >= 11 is 0. The number of hydrogen-bond donors (Lipinski definition) is 3. The average molecular weight is 173 g/mol. The van der Waals surface area contributed by atoms with E-state index in [2.05, 4.69) is 5.32 Å². The third kappa shape index (κ3) is 4.68. The summed E-state index contributed by atoms with van der Waals surface area (Å²) in [6.45, 7) is 3.72. The first-order chi connectivity index (χ1) is 5.43. The molecule has 0 aliphatic rings. The Morgan fingerprint density at radius 3 is 2.08 bits per heavy atom. The monoisotopic (exact) mass is 173 g/mol. The number of primary amides is 2. The summed E-state index contributed by atoms with van der Waals surface area (Å²) in [7, 11) is 0. The largest absolute Gasteiger partial charge is 0.370 e. The number of carbonyl (C=O) groups excluding carboxylic acids is 2. The molecule has 0 aromatic carbocycles. The van der Waals surface area contributed by atoms with Crippen LogP contribution in [-0.4, -0.2) is 23.9 Å². The molecule has 0 spiro atoms. The van der Waals surface area contributed by atoms with Gasteiger partial charge in [-0.25, -0.2) is 0 Å². The maximum absolute atomic E-state index is 10.7. The van der Waals surface area contributed by atoms with Crippen LogP contribution in [0.25, 0.3) is 0 Å². The highest BCUT2D eigenvalue weighted by Gasteiger charge is 2.17. The van der Waals surface area contributed by atoms with Gasteiger partial charge in [-0.15, -0.1) is 0 Å². The molecule has 0 aromatic heterocycles. The fourth-order valence-electron chi connectivity index (χ4n) is 0.845. The van der Waals surface area contributed by atoms with Gasteiger partial charge in [0, 0.05) is 6.04 Å². The molecule has 1 unspecified atom stereocenters. The first-order valence-corrected chi connectivity index (χ1v) is 3.77. The summed E-state index contributed by atoms with van der Waals surface area (Å²) in [5.41, 5.74) is 9.94. The van der Waals surface area contributed by atoms with Gasteiger partial charge in [0.25, 0.3) is 0 Å². The van der Waals surface area contributed by atoms with Gasteiger partial charge in [0.1, 0.15) is 0 Å². The van der Waals surface area contributed by atoms with Crippen molar-refractivity contribution in [2.75, 3.05) is 0 Å². The summed E-state index contributed by atoms with van der Waals surface area (Å²) in [5.74, 6) is -1.09. The highest BCUT2D eigenvalue weighted by atomic mass is 16.2. The van der Waals surface area contributed by atoms with Crippen molar-refractivity contribution in [1.82, 2.24) is 5.32 Å². The van der Waals surface area contributed by atoms with Crippen LogP contribution >= 0.6 is 0 Å². The van der Waals surface area contributed by atoms with E-state index in [1.807, 2.05) is 13.8 Å². The predicted molar refractivity (Wildman–Crippen MR) is 45.1 cm³/mol. The Morgan fingerprint density at radius 2 is 1.83 bits per heavy atom. The SMILES string of the molecule is CC(C)NC(CC(N)=O)C(N)=O. The molecular formula is C7H15N3O2. The highest BCUT2D eigenvalue weighted by molar-refractivity contribution is 5.86. The molecule has 0 aromatic rings. The molecule has 0 aliphatic heterocycles. The van der Waals surface area contributed by atoms with Crippen molar-refractivity contribution in [1.29, 1.82) is 0 Å². The van der Waals surface area contributed by atoms with E-state index in [0.717, 1.165) is 0 Å². The van der Waals surface area contributed by atoms with Crippen LogP contribution in [0.1, 0.15) is 20.3 Å². The van der Waals surface area contributed by atoms with Gasteiger partial charge in [0.2, 0.25) is 11.8 Å². The van der Waals surface area contributed by atoms with Crippen molar-refractivity contribution in [2.45, 2.75) is 32.4 Å². The van der Waals surface area contributed by atoms with Crippen molar-refractivity contribution in [3.63, 3.8) is 0 Å². The van der Waals surface area contributed by atoms with E-state index in [4.69, 9.17) is 11.5 Å². The average Bonchev–Trinajstić information content (AvgIpc) is 1.83. The quantitative estimate of drug-likeness (QED) is 0.482. The van der Waals surface area contributed by atoms with Crippen molar-refractivity contribution < 1.29 is 9.59 Å². The number of hydrogen-bond acceptors (Lipinski definition) is 3. The molecule has 70 valence electrons. The summed E-state index contributed by atoms with van der Waals surface area (Å²) in [6.07, 6.45) is -0.0481. The molecule has 5 heteroatoms. The lowest BCUT2D eigenvalue weighted by Gasteiger charge is -2.16. The molecule has 0 heterocycles. The summed E-state index contributed by atoms with van der Waals surface area (Å²) in [6, 6.07) is -0.552. The fourth-order valence-corrected chi connectivity index (χ4v) is 0.845. The summed E-state index contributed by atoms with van der Waals surface area (Å²) < 4.78 is 0. The highest BCUT2D eigenvalue weighted by Crippen LogP contribution is 1.92. The van der Waals surface area contributed by atoms with Gasteiger partial charge in [-0.2, -0.15) is 0 Å². The van der Waals surface area contributed by atoms with Gasteiger partial charge in [-0.3, -0.25) is 9.59 Å². The van der Waals surface area contributed by atoms with Gasteiger partial charge in [-0.1, -0.05) is 13.8 Å². The van der Waals surface area contributed by atoms with Gasteiger partial charge < -0.3 is 16.8 Å². The smallest absolute Gasteiger partial charge is 0.235 e. The Bertz CT molecular complexity index is 179. The Kier molecular flexibility index (Phi) is 4.28. The van der Waals surface area contributed by atoms with Crippen molar-refractivity contribution >= 4 is 11.8 Å². The Balaban J connectivity index is 4.04.